The highest BCUT2D eigenvalue weighted by Crippen LogP contribution is 2.29. The van der Waals surface area contributed by atoms with Crippen LogP contribution in [-0.2, 0) is 11.3 Å². The summed E-state index contributed by atoms with van der Waals surface area (Å²) in [5, 5.41) is 0. The van der Waals surface area contributed by atoms with Gasteiger partial charge in [-0.2, -0.15) is 0 Å². The van der Waals surface area contributed by atoms with Crippen LogP contribution in [0.4, 0.5) is 0 Å². The SMILES string of the molecule is NC1CN(Cc2ccccc2)C2CCCOC12. The Labute approximate surface area is 103 Å². The van der Waals surface area contributed by atoms with Gasteiger partial charge < -0.3 is 10.5 Å². The molecule has 2 fully saturated rings. The normalized spacial score (nSPS) is 33.6. The molecule has 2 saturated heterocycles. The number of hydrogen-bond acceptors (Lipinski definition) is 3. The number of likely N-dealkylation sites (tertiary alicyclic amines) is 1. The van der Waals surface area contributed by atoms with Crippen molar-refractivity contribution in [3.63, 3.8) is 0 Å². The van der Waals surface area contributed by atoms with E-state index in [-0.39, 0.29) is 12.1 Å². The Balaban J connectivity index is 1.71. The molecule has 3 nitrogen and oxygen atoms in total. The van der Waals surface area contributed by atoms with Gasteiger partial charge in [0, 0.05) is 31.8 Å². The highest BCUT2D eigenvalue weighted by atomic mass is 16.5. The molecule has 0 saturated carbocycles. The summed E-state index contributed by atoms with van der Waals surface area (Å²) < 4.78 is 5.82. The number of fused-ring (bicyclic) bond motifs is 1. The Morgan fingerprint density at radius 3 is 2.94 bits per heavy atom. The summed E-state index contributed by atoms with van der Waals surface area (Å²) in [5.41, 5.74) is 7.53. The Morgan fingerprint density at radius 2 is 2.12 bits per heavy atom. The van der Waals surface area contributed by atoms with Crippen molar-refractivity contribution in [2.24, 2.45) is 5.73 Å². The number of hydrogen-bond donors (Lipinski definition) is 1. The highest BCUT2D eigenvalue weighted by molar-refractivity contribution is 5.15. The van der Waals surface area contributed by atoms with Gasteiger partial charge >= 0.3 is 0 Å². The van der Waals surface area contributed by atoms with Crippen molar-refractivity contribution >= 4 is 0 Å². The van der Waals surface area contributed by atoms with Gasteiger partial charge in [-0.1, -0.05) is 30.3 Å². The first-order valence-electron chi connectivity index (χ1n) is 6.50. The number of benzene rings is 1. The number of ether oxygens (including phenoxy) is 1. The Kier molecular flexibility index (Phi) is 3.14. The summed E-state index contributed by atoms with van der Waals surface area (Å²) in [5.74, 6) is 0. The first-order chi connectivity index (χ1) is 8.34. The average molecular weight is 232 g/mol. The minimum atomic E-state index is 0.184. The molecule has 92 valence electrons. The molecule has 0 spiro atoms. The maximum absolute atomic E-state index is 6.17. The lowest BCUT2D eigenvalue weighted by atomic mass is 10.0. The molecule has 2 aliphatic heterocycles. The van der Waals surface area contributed by atoms with Gasteiger partial charge in [0.2, 0.25) is 0 Å². The monoisotopic (exact) mass is 232 g/mol. The average Bonchev–Trinajstić information content (AvgIpc) is 2.69. The highest BCUT2D eigenvalue weighted by Gasteiger charge is 2.41. The lowest BCUT2D eigenvalue weighted by molar-refractivity contribution is -0.0176. The molecule has 3 unspecified atom stereocenters. The smallest absolute Gasteiger partial charge is 0.0893 e. The van der Waals surface area contributed by atoms with Gasteiger partial charge in [-0.15, -0.1) is 0 Å². The van der Waals surface area contributed by atoms with Crippen LogP contribution in [0.2, 0.25) is 0 Å². The lowest BCUT2D eigenvalue weighted by Gasteiger charge is -2.32. The van der Waals surface area contributed by atoms with Crippen molar-refractivity contribution in [2.45, 2.75) is 37.6 Å². The second-order valence-electron chi connectivity index (χ2n) is 5.12. The van der Waals surface area contributed by atoms with E-state index in [2.05, 4.69) is 35.2 Å². The van der Waals surface area contributed by atoms with E-state index in [4.69, 9.17) is 10.5 Å². The zero-order chi connectivity index (χ0) is 11.7. The molecule has 2 N–H and O–H groups in total. The van der Waals surface area contributed by atoms with Crippen LogP contribution in [0.3, 0.4) is 0 Å². The largest absolute Gasteiger partial charge is 0.375 e. The quantitative estimate of drug-likeness (QED) is 0.837. The summed E-state index contributed by atoms with van der Waals surface area (Å²) in [6, 6.07) is 11.3. The zero-order valence-electron chi connectivity index (χ0n) is 10.1. The van der Waals surface area contributed by atoms with E-state index in [1.165, 1.54) is 18.4 Å². The molecule has 17 heavy (non-hydrogen) atoms. The molecule has 0 radical (unpaired) electrons. The van der Waals surface area contributed by atoms with Gasteiger partial charge in [0.05, 0.1) is 6.10 Å². The van der Waals surface area contributed by atoms with E-state index >= 15 is 0 Å². The molecule has 0 aromatic heterocycles. The Morgan fingerprint density at radius 1 is 1.29 bits per heavy atom. The van der Waals surface area contributed by atoms with Crippen molar-refractivity contribution in [2.75, 3.05) is 13.2 Å². The van der Waals surface area contributed by atoms with Gasteiger partial charge in [0.1, 0.15) is 0 Å². The molecule has 3 atom stereocenters. The van der Waals surface area contributed by atoms with Crippen LogP contribution in [0.1, 0.15) is 18.4 Å². The topological polar surface area (TPSA) is 38.5 Å². The van der Waals surface area contributed by atoms with Crippen LogP contribution in [0.5, 0.6) is 0 Å². The van der Waals surface area contributed by atoms with Crippen LogP contribution in [0, 0.1) is 0 Å². The van der Waals surface area contributed by atoms with Crippen molar-refractivity contribution in [3.05, 3.63) is 35.9 Å². The first-order valence-corrected chi connectivity index (χ1v) is 6.50. The predicted molar refractivity (Wildman–Crippen MR) is 67.6 cm³/mol. The van der Waals surface area contributed by atoms with Crippen LogP contribution < -0.4 is 5.73 Å². The molecule has 3 rings (SSSR count). The van der Waals surface area contributed by atoms with E-state index in [9.17, 15) is 0 Å². The van der Waals surface area contributed by atoms with Gasteiger partial charge in [-0.05, 0) is 18.4 Å². The minimum Gasteiger partial charge on any atom is -0.375 e. The summed E-state index contributed by atoms with van der Waals surface area (Å²) in [6.45, 7) is 2.84. The molecule has 0 amide bonds. The van der Waals surface area contributed by atoms with Crippen LogP contribution in [0.15, 0.2) is 30.3 Å². The van der Waals surface area contributed by atoms with Crippen molar-refractivity contribution < 1.29 is 4.74 Å². The Hall–Kier alpha value is -0.900. The van der Waals surface area contributed by atoms with Crippen molar-refractivity contribution in [1.82, 2.24) is 4.90 Å². The third-order valence-corrected chi connectivity index (χ3v) is 3.90. The molecule has 2 aliphatic rings. The van der Waals surface area contributed by atoms with Gasteiger partial charge in [0.25, 0.3) is 0 Å². The maximum Gasteiger partial charge on any atom is 0.0893 e. The molecule has 0 aliphatic carbocycles. The molecular formula is C14H20N2O. The molecule has 3 heteroatoms. The molecular weight excluding hydrogens is 212 g/mol. The lowest BCUT2D eigenvalue weighted by Crippen LogP contribution is -2.43. The van der Waals surface area contributed by atoms with Crippen LogP contribution in [-0.4, -0.2) is 36.2 Å². The van der Waals surface area contributed by atoms with E-state index in [1.807, 2.05) is 0 Å². The summed E-state index contributed by atoms with van der Waals surface area (Å²) in [4.78, 5) is 2.49. The van der Waals surface area contributed by atoms with Crippen LogP contribution in [0.25, 0.3) is 0 Å². The molecule has 1 aromatic rings. The second kappa shape index (κ2) is 4.77. The van der Waals surface area contributed by atoms with E-state index < -0.39 is 0 Å². The van der Waals surface area contributed by atoms with Crippen molar-refractivity contribution in [3.8, 4) is 0 Å². The van der Waals surface area contributed by atoms with E-state index in [1.54, 1.807) is 0 Å². The fourth-order valence-corrected chi connectivity index (χ4v) is 3.10. The Bertz CT molecular complexity index is 368. The predicted octanol–water partition coefficient (Wildman–Crippen LogP) is 1.38. The van der Waals surface area contributed by atoms with Crippen LogP contribution >= 0.6 is 0 Å². The maximum atomic E-state index is 6.17. The molecule has 0 bridgehead atoms. The van der Waals surface area contributed by atoms with Gasteiger partial charge in [0.15, 0.2) is 0 Å². The third-order valence-electron chi connectivity index (χ3n) is 3.90. The number of nitrogens with zero attached hydrogens (tertiary/aromatic N) is 1. The number of nitrogens with two attached hydrogens (primary N) is 1. The summed E-state index contributed by atoms with van der Waals surface area (Å²) in [7, 11) is 0. The van der Waals surface area contributed by atoms with Gasteiger partial charge in [-0.3, -0.25) is 4.90 Å². The molecule has 1 aromatic carbocycles. The van der Waals surface area contributed by atoms with Gasteiger partial charge in [-0.25, -0.2) is 0 Å². The minimum absolute atomic E-state index is 0.184. The zero-order valence-corrected chi connectivity index (χ0v) is 10.1. The van der Waals surface area contributed by atoms with E-state index in [0.29, 0.717) is 6.04 Å². The molecule has 2 heterocycles. The standard InChI is InChI=1S/C14H20N2O/c15-12-10-16(9-11-5-2-1-3-6-11)13-7-4-8-17-14(12)13/h1-3,5-6,12-14H,4,7-10,15H2. The summed E-state index contributed by atoms with van der Waals surface area (Å²) in [6.07, 6.45) is 2.65. The van der Waals surface area contributed by atoms with Crippen molar-refractivity contribution in [1.29, 1.82) is 0 Å². The third kappa shape index (κ3) is 2.23. The van der Waals surface area contributed by atoms with E-state index in [0.717, 1.165) is 19.7 Å². The second-order valence-corrected chi connectivity index (χ2v) is 5.12. The fraction of sp³-hybridized carbons (Fsp3) is 0.571. The number of rotatable bonds is 2. The fourth-order valence-electron chi connectivity index (χ4n) is 3.10. The first kappa shape index (κ1) is 11.2. The summed E-state index contributed by atoms with van der Waals surface area (Å²) >= 11 is 0.